The third-order valence-electron chi connectivity index (χ3n) is 2.22. The van der Waals surface area contributed by atoms with E-state index in [1.165, 1.54) is 25.3 Å². The Bertz CT molecular complexity index is 157. The minimum absolute atomic E-state index is 0.468. The van der Waals surface area contributed by atoms with Crippen LogP contribution in [0.2, 0.25) is 0 Å². The summed E-state index contributed by atoms with van der Waals surface area (Å²) < 4.78 is 0. The third kappa shape index (κ3) is 2.66. The normalized spacial score (nSPS) is 21.7. The number of aldehydes is 1. The van der Waals surface area contributed by atoms with Gasteiger partial charge < -0.3 is 0 Å². The summed E-state index contributed by atoms with van der Waals surface area (Å²) in [5, 5.41) is 0.750. The standard InChI is InChI=1S/C9H13ClO/c10-9(6-7-11)8-4-2-1-3-5-8/h6-8H,1-5H2. The summed E-state index contributed by atoms with van der Waals surface area (Å²) in [6.07, 6.45) is 8.41. The molecule has 0 aromatic carbocycles. The fourth-order valence-electron chi connectivity index (χ4n) is 1.58. The molecule has 0 aromatic heterocycles. The highest BCUT2D eigenvalue weighted by molar-refractivity contribution is 6.30. The molecule has 1 fully saturated rings. The fraction of sp³-hybridized carbons (Fsp3) is 0.667. The molecule has 0 unspecified atom stereocenters. The van der Waals surface area contributed by atoms with Gasteiger partial charge in [-0.3, -0.25) is 4.79 Å². The van der Waals surface area contributed by atoms with E-state index >= 15 is 0 Å². The van der Waals surface area contributed by atoms with E-state index in [-0.39, 0.29) is 0 Å². The molecule has 0 radical (unpaired) electrons. The minimum atomic E-state index is 0.468. The van der Waals surface area contributed by atoms with Crippen molar-refractivity contribution in [2.45, 2.75) is 32.1 Å². The van der Waals surface area contributed by atoms with E-state index < -0.39 is 0 Å². The lowest BCUT2D eigenvalue weighted by atomic mass is 9.89. The quantitative estimate of drug-likeness (QED) is 0.463. The van der Waals surface area contributed by atoms with Gasteiger partial charge in [-0.15, -0.1) is 0 Å². The second-order valence-corrected chi connectivity index (χ2v) is 3.46. The number of hydrogen-bond donors (Lipinski definition) is 0. The average Bonchev–Trinajstić information content (AvgIpc) is 2.07. The van der Waals surface area contributed by atoms with Gasteiger partial charge in [0.05, 0.1) is 0 Å². The number of allylic oxidation sites excluding steroid dienone is 2. The smallest absolute Gasteiger partial charge is 0.144 e. The number of halogens is 1. The van der Waals surface area contributed by atoms with Crippen molar-refractivity contribution in [1.82, 2.24) is 0 Å². The Balaban J connectivity index is 2.44. The molecule has 11 heavy (non-hydrogen) atoms. The van der Waals surface area contributed by atoms with Crippen molar-refractivity contribution in [2.75, 3.05) is 0 Å². The van der Waals surface area contributed by atoms with Crippen LogP contribution in [0.3, 0.4) is 0 Å². The molecule has 0 heterocycles. The van der Waals surface area contributed by atoms with Crippen LogP contribution in [0.1, 0.15) is 32.1 Å². The van der Waals surface area contributed by atoms with Crippen molar-refractivity contribution >= 4 is 17.9 Å². The van der Waals surface area contributed by atoms with Gasteiger partial charge in [0.2, 0.25) is 0 Å². The van der Waals surface area contributed by atoms with Crippen LogP contribution in [0.25, 0.3) is 0 Å². The van der Waals surface area contributed by atoms with Crippen LogP contribution in [0, 0.1) is 5.92 Å². The summed E-state index contributed by atoms with van der Waals surface area (Å²) in [5.74, 6) is 0.468. The molecule has 0 spiro atoms. The lowest BCUT2D eigenvalue weighted by Crippen LogP contribution is -2.06. The Morgan fingerprint density at radius 1 is 1.27 bits per heavy atom. The van der Waals surface area contributed by atoms with Crippen LogP contribution in [0.15, 0.2) is 11.1 Å². The van der Waals surface area contributed by atoms with Crippen molar-refractivity contribution in [3.8, 4) is 0 Å². The third-order valence-corrected chi connectivity index (χ3v) is 2.66. The minimum Gasteiger partial charge on any atom is -0.299 e. The summed E-state index contributed by atoms with van der Waals surface area (Å²) in [5.41, 5.74) is 0. The van der Waals surface area contributed by atoms with Gasteiger partial charge in [0.15, 0.2) is 0 Å². The first kappa shape index (κ1) is 8.79. The lowest BCUT2D eigenvalue weighted by Gasteiger charge is -2.20. The largest absolute Gasteiger partial charge is 0.299 e. The molecule has 0 aliphatic heterocycles. The number of carbonyl (C=O) groups excluding carboxylic acids is 1. The molecule has 62 valence electrons. The molecular formula is C9H13ClO. The molecule has 1 saturated carbocycles. The van der Waals surface area contributed by atoms with E-state index in [4.69, 9.17) is 11.6 Å². The summed E-state index contributed by atoms with van der Waals surface area (Å²) in [6, 6.07) is 0. The maximum absolute atomic E-state index is 10.1. The first-order valence-electron chi connectivity index (χ1n) is 4.15. The van der Waals surface area contributed by atoms with Crippen LogP contribution in [0.4, 0.5) is 0 Å². The van der Waals surface area contributed by atoms with Crippen LogP contribution >= 0.6 is 11.6 Å². The Labute approximate surface area is 72.4 Å². The lowest BCUT2D eigenvalue weighted by molar-refractivity contribution is -0.104. The van der Waals surface area contributed by atoms with E-state index in [0.717, 1.165) is 24.2 Å². The van der Waals surface area contributed by atoms with Crippen molar-refractivity contribution in [1.29, 1.82) is 0 Å². The summed E-state index contributed by atoms with van der Waals surface area (Å²) in [4.78, 5) is 10.1. The van der Waals surface area contributed by atoms with Gasteiger partial charge in [-0.05, 0) is 24.8 Å². The molecule has 0 atom stereocenters. The van der Waals surface area contributed by atoms with Crippen LogP contribution < -0.4 is 0 Å². The number of rotatable bonds is 2. The molecule has 1 aliphatic carbocycles. The van der Waals surface area contributed by atoms with Crippen molar-refractivity contribution in [3.63, 3.8) is 0 Å². The highest BCUT2D eigenvalue weighted by atomic mass is 35.5. The molecule has 1 aliphatic rings. The van der Waals surface area contributed by atoms with Crippen LogP contribution in [-0.2, 0) is 4.79 Å². The second-order valence-electron chi connectivity index (χ2n) is 3.02. The second kappa shape index (κ2) is 4.55. The van der Waals surface area contributed by atoms with Crippen molar-refractivity contribution in [3.05, 3.63) is 11.1 Å². The summed E-state index contributed by atoms with van der Waals surface area (Å²) in [7, 11) is 0. The average molecular weight is 173 g/mol. The monoisotopic (exact) mass is 172 g/mol. The van der Waals surface area contributed by atoms with E-state index in [2.05, 4.69) is 0 Å². The first-order valence-corrected chi connectivity index (χ1v) is 4.53. The summed E-state index contributed by atoms with van der Waals surface area (Å²) in [6.45, 7) is 0. The molecule has 0 saturated heterocycles. The van der Waals surface area contributed by atoms with E-state index in [1.54, 1.807) is 0 Å². The molecule has 2 heteroatoms. The Kier molecular flexibility index (Phi) is 3.64. The van der Waals surface area contributed by atoms with Crippen molar-refractivity contribution in [2.24, 2.45) is 5.92 Å². The van der Waals surface area contributed by atoms with Gasteiger partial charge in [0, 0.05) is 5.03 Å². The Hall–Kier alpha value is -0.300. The number of carbonyl (C=O) groups is 1. The van der Waals surface area contributed by atoms with Crippen molar-refractivity contribution < 1.29 is 4.79 Å². The molecule has 0 bridgehead atoms. The van der Waals surface area contributed by atoms with Gasteiger partial charge in [0.1, 0.15) is 6.29 Å². The van der Waals surface area contributed by atoms with Gasteiger partial charge in [-0.25, -0.2) is 0 Å². The predicted molar refractivity (Wildman–Crippen MR) is 46.6 cm³/mol. The SMILES string of the molecule is O=CC=C(Cl)C1CCCCC1. The molecular weight excluding hydrogens is 160 g/mol. The predicted octanol–water partition coefficient (Wildman–Crippen LogP) is 2.89. The molecule has 0 aromatic rings. The Morgan fingerprint density at radius 2 is 1.91 bits per heavy atom. The van der Waals surface area contributed by atoms with Gasteiger partial charge in [0.25, 0.3) is 0 Å². The molecule has 1 nitrogen and oxygen atoms in total. The molecule has 1 rings (SSSR count). The maximum Gasteiger partial charge on any atom is 0.144 e. The van der Waals surface area contributed by atoms with Crippen LogP contribution in [0.5, 0.6) is 0 Å². The molecule has 0 amide bonds. The first-order chi connectivity index (χ1) is 5.34. The van der Waals surface area contributed by atoms with E-state index in [0.29, 0.717) is 5.92 Å². The Morgan fingerprint density at radius 3 is 2.45 bits per heavy atom. The zero-order valence-electron chi connectivity index (χ0n) is 6.55. The van der Waals surface area contributed by atoms with E-state index in [1.807, 2.05) is 0 Å². The van der Waals surface area contributed by atoms with Gasteiger partial charge in [-0.2, -0.15) is 0 Å². The van der Waals surface area contributed by atoms with Gasteiger partial charge >= 0.3 is 0 Å². The highest BCUT2D eigenvalue weighted by Gasteiger charge is 2.15. The van der Waals surface area contributed by atoms with Gasteiger partial charge in [-0.1, -0.05) is 30.9 Å². The van der Waals surface area contributed by atoms with E-state index in [9.17, 15) is 4.79 Å². The number of hydrogen-bond acceptors (Lipinski definition) is 1. The highest BCUT2D eigenvalue weighted by Crippen LogP contribution is 2.31. The zero-order chi connectivity index (χ0) is 8.10. The molecule has 0 N–H and O–H groups in total. The topological polar surface area (TPSA) is 17.1 Å². The fourth-order valence-corrected chi connectivity index (χ4v) is 1.85. The zero-order valence-corrected chi connectivity index (χ0v) is 7.31. The summed E-state index contributed by atoms with van der Waals surface area (Å²) >= 11 is 5.89. The van der Waals surface area contributed by atoms with Crippen LogP contribution in [-0.4, -0.2) is 6.29 Å². The maximum atomic E-state index is 10.1.